The predicted molar refractivity (Wildman–Crippen MR) is 171 cm³/mol. The number of carbonyl (C=O) groups excluding carboxylic acids is 2. The number of carboxylic acid groups (broad SMARTS) is 1. The molecule has 0 saturated carbocycles. The molecule has 5 rings (SSSR count). The molecule has 0 saturated heterocycles. The summed E-state index contributed by atoms with van der Waals surface area (Å²) in [6.07, 6.45) is 4.72. The summed E-state index contributed by atoms with van der Waals surface area (Å²) in [5.41, 5.74) is 3.47. The van der Waals surface area contributed by atoms with E-state index in [4.69, 9.17) is 26.2 Å². The van der Waals surface area contributed by atoms with Crippen molar-refractivity contribution in [1.82, 2.24) is 15.1 Å². The lowest BCUT2D eigenvalue weighted by molar-refractivity contribution is -0.136. The van der Waals surface area contributed by atoms with Gasteiger partial charge in [-0.1, -0.05) is 35.9 Å². The van der Waals surface area contributed by atoms with Gasteiger partial charge in [0.25, 0.3) is 5.91 Å². The number of carboxylic acids is 1. The summed E-state index contributed by atoms with van der Waals surface area (Å²) in [6, 6.07) is 15.2. The van der Waals surface area contributed by atoms with Gasteiger partial charge in [0.1, 0.15) is 11.6 Å². The minimum atomic E-state index is -1.04. The summed E-state index contributed by atoms with van der Waals surface area (Å²) in [5, 5.41) is 16.2. The molecule has 2 N–H and O–H groups in total. The Morgan fingerprint density at radius 2 is 1.96 bits per heavy atom. The summed E-state index contributed by atoms with van der Waals surface area (Å²) in [6.45, 7) is 3.31. The molecule has 0 aliphatic carbocycles. The number of rotatable bonds is 12. The Hall–Kier alpha value is -4.90. The van der Waals surface area contributed by atoms with Gasteiger partial charge in [-0.3, -0.25) is 19.1 Å². The first-order chi connectivity index (χ1) is 22.2. The smallest absolute Gasteiger partial charge is 0.305 e. The molecule has 46 heavy (non-hydrogen) atoms. The van der Waals surface area contributed by atoms with Crippen molar-refractivity contribution in [2.45, 2.75) is 39.2 Å². The van der Waals surface area contributed by atoms with Crippen LogP contribution in [0.3, 0.4) is 0 Å². The van der Waals surface area contributed by atoms with Gasteiger partial charge in [-0.05, 0) is 50.1 Å². The van der Waals surface area contributed by atoms with Crippen molar-refractivity contribution in [2.75, 3.05) is 31.2 Å². The number of hydrogen-bond donors (Lipinski definition) is 2. The molecule has 1 aliphatic heterocycles. The number of fused-ring (bicyclic) bond motifs is 1. The van der Waals surface area contributed by atoms with Gasteiger partial charge in [0, 0.05) is 58.5 Å². The average Bonchev–Trinajstić information content (AvgIpc) is 3.39. The van der Waals surface area contributed by atoms with Crippen molar-refractivity contribution in [2.24, 2.45) is 0 Å². The molecule has 0 fully saturated rings. The normalized spacial score (nSPS) is 12.5. The fourth-order valence-corrected chi connectivity index (χ4v) is 5.31. The van der Waals surface area contributed by atoms with Crippen LogP contribution in [0.4, 0.5) is 10.1 Å². The minimum absolute atomic E-state index is 0.0273. The average molecular weight is 649 g/mol. The molecule has 0 radical (unpaired) electrons. The summed E-state index contributed by atoms with van der Waals surface area (Å²) in [4.78, 5) is 38.0. The molecule has 10 nitrogen and oxygen atoms in total. The number of amides is 2. The number of nitrogens with one attached hydrogen (secondary N) is 1. The van der Waals surface area contributed by atoms with Crippen LogP contribution in [0.25, 0.3) is 11.1 Å². The van der Waals surface area contributed by atoms with E-state index < -0.39 is 17.7 Å². The van der Waals surface area contributed by atoms with Crippen LogP contribution in [-0.2, 0) is 16.1 Å². The SMILES string of the molecule is Cc1c(Cl)cccc1OCCCC(=O)N1CCCOc2c(-c3cnn(Cc4ccc(C(=O)NCCC(=O)O)cc4F)c3)cccc21. The zero-order valence-corrected chi connectivity index (χ0v) is 26.1. The quantitative estimate of drug-likeness (QED) is 0.184. The lowest BCUT2D eigenvalue weighted by Gasteiger charge is -2.23. The second kappa shape index (κ2) is 14.9. The lowest BCUT2D eigenvalue weighted by Crippen LogP contribution is -2.31. The van der Waals surface area contributed by atoms with Gasteiger partial charge in [-0.25, -0.2) is 4.39 Å². The molecular formula is C34H34ClFN4O6. The van der Waals surface area contributed by atoms with Gasteiger partial charge in [-0.15, -0.1) is 0 Å². The topological polar surface area (TPSA) is 123 Å². The Morgan fingerprint density at radius 1 is 1.13 bits per heavy atom. The van der Waals surface area contributed by atoms with Crippen LogP contribution < -0.4 is 19.7 Å². The number of ether oxygens (including phenoxy) is 2. The monoisotopic (exact) mass is 648 g/mol. The Morgan fingerprint density at radius 3 is 2.76 bits per heavy atom. The van der Waals surface area contributed by atoms with Crippen LogP contribution in [0.1, 0.15) is 47.2 Å². The highest BCUT2D eigenvalue weighted by molar-refractivity contribution is 6.31. The Kier molecular flexibility index (Phi) is 10.5. The van der Waals surface area contributed by atoms with Crippen molar-refractivity contribution in [3.63, 3.8) is 0 Å². The van der Waals surface area contributed by atoms with E-state index in [2.05, 4.69) is 10.4 Å². The molecule has 240 valence electrons. The highest BCUT2D eigenvalue weighted by atomic mass is 35.5. The number of benzene rings is 3. The molecule has 0 bridgehead atoms. The summed E-state index contributed by atoms with van der Waals surface area (Å²) in [5.74, 6) is -0.903. The Labute approximate surface area is 270 Å². The maximum absolute atomic E-state index is 14.9. The van der Waals surface area contributed by atoms with E-state index in [1.54, 1.807) is 22.0 Å². The summed E-state index contributed by atoms with van der Waals surface area (Å²) in [7, 11) is 0. The highest BCUT2D eigenvalue weighted by Gasteiger charge is 2.25. The zero-order valence-electron chi connectivity index (χ0n) is 25.3. The number of nitrogens with zero attached hydrogens (tertiary/aromatic N) is 3. The molecule has 1 aliphatic rings. The molecule has 1 aromatic heterocycles. The number of aromatic nitrogens is 2. The summed E-state index contributed by atoms with van der Waals surface area (Å²) >= 11 is 6.18. The lowest BCUT2D eigenvalue weighted by atomic mass is 10.1. The molecule has 0 atom stereocenters. The maximum Gasteiger partial charge on any atom is 0.305 e. The fraction of sp³-hybridized carbons (Fsp3) is 0.294. The summed E-state index contributed by atoms with van der Waals surface area (Å²) < 4.78 is 28.5. The second-order valence-corrected chi connectivity index (χ2v) is 11.3. The maximum atomic E-state index is 14.9. The van der Waals surface area contributed by atoms with E-state index >= 15 is 0 Å². The van der Waals surface area contributed by atoms with E-state index in [0.717, 1.165) is 22.8 Å². The first-order valence-electron chi connectivity index (χ1n) is 15.0. The third kappa shape index (κ3) is 7.84. The Bertz CT molecular complexity index is 1740. The van der Waals surface area contributed by atoms with Gasteiger partial charge in [0.2, 0.25) is 5.91 Å². The van der Waals surface area contributed by atoms with E-state index in [1.807, 2.05) is 43.3 Å². The number of carbonyl (C=O) groups is 3. The van der Waals surface area contributed by atoms with E-state index in [9.17, 15) is 18.8 Å². The molecule has 3 aromatic carbocycles. The van der Waals surface area contributed by atoms with Crippen LogP contribution in [0.2, 0.25) is 5.02 Å². The number of aliphatic carboxylic acids is 1. The van der Waals surface area contributed by atoms with Crippen LogP contribution in [0.5, 0.6) is 11.5 Å². The van der Waals surface area contributed by atoms with Crippen molar-refractivity contribution >= 4 is 35.1 Å². The standard InChI is InChI=1S/C34H34ClFN4O6/c1-22-27(35)7-3-9-30(22)45-16-4-10-31(41)40-15-5-17-46-33-26(6-2-8-29(33)40)25-19-38-39(21-25)20-24-12-11-23(18-28(24)36)34(44)37-14-13-32(42)43/h2-3,6-9,11-12,18-19,21H,4-5,10,13-17,20H2,1H3,(H,37,44)(H,42,43). The van der Waals surface area contributed by atoms with E-state index in [0.29, 0.717) is 66.8 Å². The number of halogens is 2. The molecular weight excluding hydrogens is 615 g/mol. The van der Waals surface area contributed by atoms with Crippen molar-refractivity contribution < 1.29 is 33.4 Å². The molecule has 2 amide bonds. The molecule has 12 heteroatoms. The van der Waals surface area contributed by atoms with Crippen LogP contribution >= 0.6 is 11.6 Å². The molecule has 0 unspecified atom stereocenters. The van der Waals surface area contributed by atoms with Gasteiger partial charge in [-0.2, -0.15) is 5.10 Å². The van der Waals surface area contributed by atoms with E-state index in [-0.39, 0.29) is 31.0 Å². The van der Waals surface area contributed by atoms with Gasteiger partial charge in [0.15, 0.2) is 5.75 Å². The zero-order chi connectivity index (χ0) is 32.6. The van der Waals surface area contributed by atoms with Gasteiger partial charge in [0.05, 0.1) is 38.1 Å². The fourth-order valence-electron chi connectivity index (χ4n) is 5.14. The van der Waals surface area contributed by atoms with Crippen LogP contribution in [-0.4, -0.2) is 59.0 Å². The van der Waals surface area contributed by atoms with Gasteiger partial charge >= 0.3 is 5.97 Å². The third-order valence-electron chi connectivity index (χ3n) is 7.59. The molecule has 4 aromatic rings. The number of hydrogen-bond acceptors (Lipinski definition) is 6. The first-order valence-corrected chi connectivity index (χ1v) is 15.3. The number of anilines is 1. The third-order valence-corrected chi connectivity index (χ3v) is 7.99. The second-order valence-electron chi connectivity index (χ2n) is 10.8. The van der Waals surface area contributed by atoms with Crippen molar-refractivity contribution in [3.05, 3.63) is 94.5 Å². The predicted octanol–water partition coefficient (Wildman–Crippen LogP) is 5.88. The Balaban J connectivity index is 1.25. The van der Waals surface area contributed by atoms with Crippen LogP contribution in [0, 0.1) is 12.7 Å². The van der Waals surface area contributed by atoms with E-state index in [1.165, 1.54) is 12.1 Å². The first kappa shape index (κ1) is 32.5. The molecule has 2 heterocycles. The van der Waals surface area contributed by atoms with Gasteiger partial charge < -0.3 is 24.8 Å². The van der Waals surface area contributed by atoms with Crippen molar-refractivity contribution in [3.8, 4) is 22.6 Å². The largest absolute Gasteiger partial charge is 0.493 e. The number of para-hydroxylation sites is 1. The van der Waals surface area contributed by atoms with Crippen LogP contribution in [0.15, 0.2) is 67.0 Å². The highest BCUT2D eigenvalue weighted by Crippen LogP contribution is 2.40. The van der Waals surface area contributed by atoms with Crippen molar-refractivity contribution in [1.29, 1.82) is 0 Å². The molecule has 0 spiro atoms. The minimum Gasteiger partial charge on any atom is -0.493 e.